The van der Waals surface area contributed by atoms with Crippen molar-refractivity contribution in [3.8, 4) is 0 Å². The van der Waals surface area contributed by atoms with Gasteiger partial charge in [0.2, 0.25) is 15.9 Å². The van der Waals surface area contributed by atoms with Gasteiger partial charge >= 0.3 is 0 Å². The summed E-state index contributed by atoms with van der Waals surface area (Å²) in [5.74, 6) is -0.0987. The zero-order valence-corrected chi connectivity index (χ0v) is 16.2. The molecule has 1 aromatic rings. The van der Waals surface area contributed by atoms with E-state index in [0.717, 1.165) is 36.9 Å². The lowest BCUT2D eigenvalue weighted by molar-refractivity contribution is -0.903. The van der Waals surface area contributed by atoms with E-state index in [1.54, 1.807) is 17.0 Å². The second-order valence-electron chi connectivity index (χ2n) is 6.05. The highest BCUT2D eigenvalue weighted by Gasteiger charge is 2.22. The van der Waals surface area contributed by atoms with Crippen LogP contribution in [0, 0.1) is 0 Å². The Morgan fingerprint density at radius 3 is 2.46 bits per heavy atom. The third kappa shape index (κ3) is 5.84. The second kappa shape index (κ2) is 8.94. The minimum atomic E-state index is -3.57. The average molecular weight is 419 g/mol. The summed E-state index contributed by atoms with van der Waals surface area (Å²) in [7, 11) is -3.57. The Morgan fingerprint density at radius 2 is 1.88 bits per heavy atom. The van der Waals surface area contributed by atoms with Crippen molar-refractivity contribution in [2.24, 2.45) is 0 Å². The maximum Gasteiger partial charge on any atom is 0.240 e. The molecule has 1 aliphatic heterocycles. The van der Waals surface area contributed by atoms with Gasteiger partial charge in [-0.25, -0.2) is 13.1 Å². The summed E-state index contributed by atoms with van der Waals surface area (Å²) >= 11 is 3.27. The van der Waals surface area contributed by atoms with E-state index in [0.29, 0.717) is 0 Å². The molecule has 6 nitrogen and oxygen atoms in total. The first kappa shape index (κ1) is 19.4. The van der Waals surface area contributed by atoms with E-state index in [4.69, 9.17) is 0 Å². The summed E-state index contributed by atoms with van der Waals surface area (Å²) in [4.78, 5) is 13.7. The van der Waals surface area contributed by atoms with Gasteiger partial charge < -0.3 is 10.2 Å². The highest BCUT2D eigenvalue weighted by Crippen LogP contribution is 2.14. The summed E-state index contributed by atoms with van der Waals surface area (Å²) in [6.07, 6.45) is 2.12. The zero-order valence-electron chi connectivity index (χ0n) is 13.8. The lowest BCUT2D eigenvalue weighted by Gasteiger charge is -2.28. The fourth-order valence-electron chi connectivity index (χ4n) is 2.82. The summed E-state index contributed by atoms with van der Waals surface area (Å²) in [5.41, 5.74) is 0. The standard InChI is InChI=1S/C16H24BrN3O3S/c1-2-20-11-8-14(9-12-20)19-16(21)7-10-18-24(22,23)15-5-3-13(17)4-6-15/h3-6,14,18H,2,7-12H2,1H3,(H,19,21)/p+1. The largest absolute Gasteiger partial charge is 0.353 e. The molecule has 2 rings (SSSR count). The fraction of sp³-hybridized carbons (Fsp3) is 0.562. The second-order valence-corrected chi connectivity index (χ2v) is 8.73. The molecule has 1 heterocycles. The normalized spacial score (nSPS) is 21.4. The number of nitrogens with one attached hydrogen (secondary N) is 3. The van der Waals surface area contributed by atoms with Gasteiger partial charge in [-0.1, -0.05) is 15.9 Å². The van der Waals surface area contributed by atoms with Crippen molar-refractivity contribution in [1.29, 1.82) is 0 Å². The van der Waals surface area contributed by atoms with Crippen LogP contribution in [0.3, 0.4) is 0 Å². The number of piperidine rings is 1. The highest BCUT2D eigenvalue weighted by molar-refractivity contribution is 9.10. The van der Waals surface area contributed by atoms with Gasteiger partial charge in [0.25, 0.3) is 0 Å². The number of sulfonamides is 1. The van der Waals surface area contributed by atoms with Gasteiger partial charge in [0, 0.05) is 36.3 Å². The van der Waals surface area contributed by atoms with Crippen LogP contribution in [0.5, 0.6) is 0 Å². The van der Waals surface area contributed by atoms with E-state index >= 15 is 0 Å². The Kier molecular flexibility index (Phi) is 7.21. The lowest BCUT2D eigenvalue weighted by atomic mass is 10.1. The Labute approximate surface area is 152 Å². The predicted octanol–water partition coefficient (Wildman–Crippen LogP) is 0.301. The summed E-state index contributed by atoms with van der Waals surface area (Å²) in [5, 5.41) is 3.00. The molecular formula is C16H25BrN3O3S+. The molecule has 0 radical (unpaired) electrons. The smallest absolute Gasteiger partial charge is 0.240 e. The third-order valence-electron chi connectivity index (χ3n) is 4.33. The van der Waals surface area contributed by atoms with Crippen molar-refractivity contribution in [3.63, 3.8) is 0 Å². The van der Waals surface area contributed by atoms with Crippen molar-refractivity contribution >= 4 is 31.9 Å². The van der Waals surface area contributed by atoms with Crippen LogP contribution >= 0.6 is 15.9 Å². The van der Waals surface area contributed by atoms with Gasteiger partial charge in [-0.15, -0.1) is 0 Å². The van der Waals surface area contributed by atoms with Crippen LogP contribution in [-0.4, -0.2) is 46.5 Å². The first-order valence-corrected chi connectivity index (χ1v) is 10.6. The number of quaternary nitrogens is 1. The molecule has 134 valence electrons. The van der Waals surface area contributed by atoms with E-state index in [2.05, 4.69) is 32.9 Å². The summed E-state index contributed by atoms with van der Waals surface area (Å²) in [6.45, 7) is 5.56. The molecule has 3 N–H and O–H groups in total. The Bertz CT molecular complexity index is 641. The molecule has 0 bridgehead atoms. The first-order chi connectivity index (χ1) is 11.4. The number of likely N-dealkylation sites (tertiary alicyclic amines) is 1. The SMILES string of the molecule is CC[NH+]1CCC(NC(=O)CCNS(=O)(=O)c2ccc(Br)cc2)CC1. The minimum Gasteiger partial charge on any atom is -0.353 e. The quantitative estimate of drug-likeness (QED) is 0.595. The summed E-state index contributed by atoms with van der Waals surface area (Å²) < 4.78 is 27.5. The molecule has 0 aromatic heterocycles. The maximum atomic E-state index is 12.1. The van der Waals surface area contributed by atoms with Crippen molar-refractivity contribution < 1.29 is 18.1 Å². The molecule has 1 amide bonds. The molecule has 8 heteroatoms. The van der Waals surface area contributed by atoms with Crippen LogP contribution in [0.4, 0.5) is 0 Å². The van der Waals surface area contributed by atoms with Crippen LogP contribution in [-0.2, 0) is 14.8 Å². The van der Waals surface area contributed by atoms with E-state index in [1.807, 2.05) is 0 Å². The fourth-order valence-corrected chi connectivity index (χ4v) is 4.12. The van der Waals surface area contributed by atoms with Crippen LogP contribution in [0.1, 0.15) is 26.2 Å². The molecule has 0 spiro atoms. The van der Waals surface area contributed by atoms with Gasteiger partial charge in [-0.2, -0.15) is 0 Å². The van der Waals surface area contributed by atoms with Crippen molar-refractivity contribution in [2.75, 3.05) is 26.2 Å². The molecule has 0 saturated carbocycles. The maximum absolute atomic E-state index is 12.1. The first-order valence-electron chi connectivity index (χ1n) is 8.29. The topological polar surface area (TPSA) is 79.7 Å². The predicted molar refractivity (Wildman–Crippen MR) is 96.3 cm³/mol. The monoisotopic (exact) mass is 418 g/mol. The number of hydrogen-bond acceptors (Lipinski definition) is 3. The van der Waals surface area contributed by atoms with Crippen LogP contribution in [0.25, 0.3) is 0 Å². The molecule has 0 unspecified atom stereocenters. The van der Waals surface area contributed by atoms with Crippen molar-refractivity contribution in [3.05, 3.63) is 28.7 Å². The van der Waals surface area contributed by atoms with Crippen LogP contribution < -0.4 is 14.9 Å². The van der Waals surface area contributed by atoms with Gasteiger partial charge in [0.05, 0.1) is 24.5 Å². The average Bonchev–Trinajstić information content (AvgIpc) is 2.56. The summed E-state index contributed by atoms with van der Waals surface area (Å²) in [6, 6.07) is 6.61. The number of hydrogen-bond donors (Lipinski definition) is 3. The van der Waals surface area contributed by atoms with E-state index in [-0.39, 0.29) is 29.8 Å². The molecule has 1 aromatic carbocycles. The number of carbonyl (C=O) groups excluding carboxylic acids is 1. The minimum absolute atomic E-state index is 0.0987. The van der Waals surface area contributed by atoms with E-state index in [1.165, 1.54) is 12.1 Å². The molecule has 1 fully saturated rings. The zero-order chi connectivity index (χ0) is 17.6. The third-order valence-corrected chi connectivity index (χ3v) is 6.33. The molecule has 0 aliphatic carbocycles. The lowest BCUT2D eigenvalue weighted by Crippen LogP contribution is -3.13. The van der Waals surface area contributed by atoms with Crippen LogP contribution in [0.15, 0.2) is 33.6 Å². The molecular weight excluding hydrogens is 394 g/mol. The molecule has 1 saturated heterocycles. The van der Waals surface area contributed by atoms with Crippen molar-refractivity contribution in [2.45, 2.75) is 37.1 Å². The molecule has 24 heavy (non-hydrogen) atoms. The van der Waals surface area contributed by atoms with Crippen molar-refractivity contribution in [1.82, 2.24) is 10.0 Å². The highest BCUT2D eigenvalue weighted by atomic mass is 79.9. The van der Waals surface area contributed by atoms with Gasteiger partial charge in [0.1, 0.15) is 0 Å². The Morgan fingerprint density at radius 1 is 1.25 bits per heavy atom. The number of rotatable bonds is 7. The van der Waals surface area contributed by atoms with Crippen LogP contribution in [0.2, 0.25) is 0 Å². The Balaban J connectivity index is 1.73. The van der Waals surface area contributed by atoms with E-state index in [9.17, 15) is 13.2 Å². The van der Waals surface area contributed by atoms with Gasteiger partial charge in [-0.05, 0) is 31.2 Å². The van der Waals surface area contributed by atoms with E-state index < -0.39 is 10.0 Å². The number of amides is 1. The molecule has 1 aliphatic rings. The van der Waals surface area contributed by atoms with Gasteiger partial charge in [0.15, 0.2) is 0 Å². The number of carbonyl (C=O) groups is 1. The number of benzene rings is 1. The Hall–Kier alpha value is -0.960. The molecule has 0 atom stereocenters. The van der Waals surface area contributed by atoms with Gasteiger partial charge in [-0.3, -0.25) is 4.79 Å². The number of halogens is 1.